The largest absolute Gasteiger partial charge is 0.480 e. The Morgan fingerprint density at radius 3 is 2.36 bits per heavy atom. The zero-order chi connectivity index (χ0) is 19.2. The maximum Gasteiger partial charge on any atom is 0.416 e. The summed E-state index contributed by atoms with van der Waals surface area (Å²) in [6.07, 6.45) is -4.74. The molecule has 0 atom stereocenters. The number of aliphatic carboxylic acids is 1. The Balaban J connectivity index is 3.28. The van der Waals surface area contributed by atoms with Crippen molar-refractivity contribution in [3.05, 3.63) is 29.3 Å². The topological polar surface area (TPSA) is 95.9 Å². The van der Waals surface area contributed by atoms with Crippen LogP contribution in [0.2, 0.25) is 0 Å². The highest BCUT2D eigenvalue weighted by Crippen LogP contribution is 2.32. The highest BCUT2D eigenvalue weighted by atomic mass is 19.4. The molecule has 0 saturated carbocycles. The van der Waals surface area contributed by atoms with Gasteiger partial charge in [-0.25, -0.2) is 0 Å². The number of carboxylic acids is 1. The summed E-state index contributed by atoms with van der Waals surface area (Å²) in [4.78, 5) is 35.2. The number of alkyl halides is 3. The zero-order valence-electron chi connectivity index (χ0n) is 13.5. The molecule has 0 spiro atoms. The predicted octanol–water partition coefficient (Wildman–Crippen LogP) is 1.84. The lowest BCUT2D eigenvalue weighted by Gasteiger charge is -2.21. The molecule has 2 amide bonds. The van der Waals surface area contributed by atoms with Crippen LogP contribution in [0.5, 0.6) is 0 Å². The highest BCUT2D eigenvalue weighted by Gasteiger charge is 2.32. The Kier molecular flexibility index (Phi) is 6.92. The third-order valence-electron chi connectivity index (χ3n) is 3.01. The van der Waals surface area contributed by atoms with Crippen LogP contribution in [0.4, 0.5) is 18.9 Å². The second-order valence-electron chi connectivity index (χ2n) is 5.09. The third kappa shape index (κ3) is 6.42. The maximum atomic E-state index is 13.0. The minimum atomic E-state index is -4.74. The zero-order valence-corrected chi connectivity index (χ0v) is 13.5. The van der Waals surface area contributed by atoms with Crippen molar-refractivity contribution in [1.82, 2.24) is 4.90 Å². The van der Waals surface area contributed by atoms with Crippen LogP contribution in [0.25, 0.3) is 0 Å². The summed E-state index contributed by atoms with van der Waals surface area (Å²) in [7, 11) is 1.34. The van der Waals surface area contributed by atoms with E-state index in [-0.39, 0.29) is 18.8 Å². The summed E-state index contributed by atoms with van der Waals surface area (Å²) in [5.41, 5.74) is -1.74. The monoisotopic (exact) mass is 362 g/mol. The van der Waals surface area contributed by atoms with E-state index in [9.17, 15) is 27.6 Å². The van der Waals surface area contributed by atoms with Crippen molar-refractivity contribution in [3.63, 3.8) is 0 Å². The van der Waals surface area contributed by atoms with Gasteiger partial charge in [-0.3, -0.25) is 14.4 Å². The second-order valence-corrected chi connectivity index (χ2v) is 5.09. The van der Waals surface area contributed by atoms with Gasteiger partial charge in [0.05, 0.1) is 12.2 Å². The molecule has 7 nitrogen and oxygen atoms in total. The quantitative estimate of drug-likeness (QED) is 0.772. The lowest BCUT2D eigenvalue weighted by molar-refractivity contribution is -0.138. The Hall–Kier alpha value is -2.62. The molecule has 0 bridgehead atoms. The highest BCUT2D eigenvalue weighted by molar-refractivity contribution is 5.98. The summed E-state index contributed by atoms with van der Waals surface area (Å²) in [5, 5.41) is 11.0. The lowest BCUT2D eigenvalue weighted by atomic mass is 10.1. The summed E-state index contributed by atoms with van der Waals surface area (Å²) in [6.45, 7) is 0.300. The van der Waals surface area contributed by atoms with Crippen molar-refractivity contribution in [2.75, 3.05) is 32.1 Å². The smallest absolute Gasteiger partial charge is 0.416 e. The predicted molar refractivity (Wildman–Crippen MR) is 81.2 cm³/mol. The fraction of sp³-hybridized carbons (Fsp3) is 0.400. The molecule has 0 unspecified atom stereocenters. The van der Waals surface area contributed by atoms with Crippen molar-refractivity contribution >= 4 is 23.5 Å². The van der Waals surface area contributed by atoms with E-state index < -0.39 is 41.6 Å². The first kappa shape index (κ1) is 20.4. The van der Waals surface area contributed by atoms with Gasteiger partial charge in [0.15, 0.2) is 0 Å². The fourth-order valence-corrected chi connectivity index (χ4v) is 1.99. The average Bonchev–Trinajstić information content (AvgIpc) is 2.48. The van der Waals surface area contributed by atoms with Gasteiger partial charge in [-0.2, -0.15) is 13.2 Å². The third-order valence-corrected chi connectivity index (χ3v) is 3.01. The van der Waals surface area contributed by atoms with Crippen LogP contribution in [-0.2, 0) is 20.5 Å². The van der Waals surface area contributed by atoms with E-state index in [0.717, 1.165) is 17.9 Å². The summed E-state index contributed by atoms with van der Waals surface area (Å²) in [6, 6.07) is 2.35. The van der Waals surface area contributed by atoms with Crippen LogP contribution >= 0.6 is 0 Å². The summed E-state index contributed by atoms with van der Waals surface area (Å²) >= 11 is 0. The number of benzene rings is 1. The van der Waals surface area contributed by atoms with E-state index in [1.807, 2.05) is 0 Å². The van der Waals surface area contributed by atoms with Crippen LogP contribution < -0.4 is 5.32 Å². The van der Waals surface area contributed by atoms with Crippen molar-refractivity contribution in [3.8, 4) is 0 Å². The number of rotatable bonds is 7. The number of carbonyl (C=O) groups excluding carboxylic acids is 2. The second kappa shape index (κ2) is 8.47. The van der Waals surface area contributed by atoms with E-state index in [0.29, 0.717) is 12.1 Å². The molecule has 10 heteroatoms. The number of carboxylic acid groups (broad SMARTS) is 1. The number of nitrogens with zero attached hydrogens (tertiary/aromatic N) is 1. The van der Waals surface area contributed by atoms with Crippen LogP contribution in [0.15, 0.2) is 18.2 Å². The van der Waals surface area contributed by atoms with E-state index >= 15 is 0 Å². The van der Waals surface area contributed by atoms with Gasteiger partial charge >= 0.3 is 12.1 Å². The summed E-state index contributed by atoms with van der Waals surface area (Å²) < 4.78 is 43.8. The van der Waals surface area contributed by atoms with Gasteiger partial charge < -0.3 is 20.1 Å². The number of anilines is 1. The maximum absolute atomic E-state index is 13.0. The number of hydrogen-bond acceptors (Lipinski definition) is 4. The van der Waals surface area contributed by atoms with Crippen molar-refractivity contribution in [1.29, 1.82) is 0 Å². The number of ether oxygens (including phenoxy) is 1. The fourth-order valence-electron chi connectivity index (χ4n) is 1.99. The Morgan fingerprint density at radius 2 is 1.88 bits per heavy atom. The van der Waals surface area contributed by atoms with Crippen LogP contribution in [0.1, 0.15) is 22.8 Å². The molecule has 1 rings (SSSR count). The van der Waals surface area contributed by atoms with E-state index in [1.54, 1.807) is 0 Å². The first-order valence-corrected chi connectivity index (χ1v) is 7.04. The SMILES string of the molecule is COCCN(CC(=O)O)C(=O)c1cc(NC(C)=O)cc(C(F)(F)F)c1. The molecule has 0 aromatic heterocycles. The number of methoxy groups -OCH3 is 1. The molecule has 0 fully saturated rings. The van der Waals surface area contributed by atoms with Crippen LogP contribution in [0, 0.1) is 0 Å². The van der Waals surface area contributed by atoms with E-state index in [1.165, 1.54) is 7.11 Å². The van der Waals surface area contributed by atoms with Gasteiger partial charge in [0.1, 0.15) is 6.54 Å². The van der Waals surface area contributed by atoms with Crippen molar-refractivity contribution in [2.24, 2.45) is 0 Å². The van der Waals surface area contributed by atoms with E-state index in [2.05, 4.69) is 5.32 Å². The molecule has 2 N–H and O–H groups in total. The number of hydrogen-bond donors (Lipinski definition) is 2. The lowest BCUT2D eigenvalue weighted by Crippen LogP contribution is -2.38. The Bertz CT molecular complexity index is 661. The Morgan fingerprint density at radius 1 is 1.24 bits per heavy atom. The number of amides is 2. The number of nitrogens with one attached hydrogen (secondary N) is 1. The van der Waals surface area contributed by atoms with Crippen LogP contribution in [0.3, 0.4) is 0 Å². The molecule has 0 aliphatic rings. The molecule has 25 heavy (non-hydrogen) atoms. The molecule has 1 aromatic rings. The minimum Gasteiger partial charge on any atom is -0.480 e. The molecule has 0 aliphatic heterocycles. The molecule has 138 valence electrons. The Labute approximate surface area is 141 Å². The molecule has 0 aliphatic carbocycles. The number of carbonyl (C=O) groups is 3. The van der Waals surface area contributed by atoms with Crippen LogP contribution in [-0.4, -0.2) is 54.6 Å². The van der Waals surface area contributed by atoms with Crippen molar-refractivity contribution < 1.29 is 37.4 Å². The van der Waals surface area contributed by atoms with Gasteiger partial charge in [0.2, 0.25) is 5.91 Å². The molecule has 1 aromatic carbocycles. The normalized spacial score (nSPS) is 11.1. The van der Waals surface area contributed by atoms with Gasteiger partial charge in [-0.1, -0.05) is 0 Å². The van der Waals surface area contributed by atoms with Crippen molar-refractivity contribution in [2.45, 2.75) is 13.1 Å². The molecular formula is C15H17F3N2O5. The average molecular weight is 362 g/mol. The van der Waals surface area contributed by atoms with Gasteiger partial charge in [-0.05, 0) is 18.2 Å². The standard InChI is InChI=1S/C15H17F3N2O5/c1-9(21)19-12-6-10(5-11(7-12)15(16,17)18)14(24)20(3-4-25-2)8-13(22)23/h5-7H,3-4,8H2,1-2H3,(H,19,21)(H,22,23). The van der Waals surface area contributed by atoms with Gasteiger partial charge in [0, 0.05) is 31.8 Å². The first-order chi connectivity index (χ1) is 11.5. The summed E-state index contributed by atoms with van der Waals surface area (Å²) in [5.74, 6) is -2.85. The minimum absolute atomic E-state index is 0.0105. The van der Waals surface area contributed by atoms with Gasteiger partial charge in [0.25, 0.3) is 5.91 Å². The number of halogens is 3. The molecule has 0 heterocycles. The molecule has 0 radical (unpaired) electrons. The first-order valence-electron chi connectivity index (χ1n) is 7.04. The molecular weight excluding hydrogens is 345 g/mol. The van der Waals surface area contributed by atoms with Gasteiger partial charge in [-0.15, -0.1) is 0 Å². The molecule has 0 saturated heterocycles. The van der Waals surface area contributed by atoms with E-state index in [4.69, 9.17) is 9.84 Å².